The Balaban J connectivity index is 2.78. The topological polar surface area (TPSA) is 64.1 Å². The molecule has 0 aliphatic rings. The number of aliphatic imine (C=N–C) groups is 1. The molecule has 0 saturated heterocycles. The summed E-state index contributed by atoms with van der Waals surface area (Å²) in [5, 5.41) is 6.69. The highest BCUT2D eigenvalue weighted by atomic mass is 16.5. The molecule has 0 bridgehead atoms. The van der Waals surface area contributed by atoms with Crippen LogP contribution in [-0.4, -0.2) is 40.9 Å². The van der Waals surface area contributed by atoms with Crippen molar-refractivity contribution in [3.05, 3.63) is 17.7 Å². The van der Waals surface area contributed by atoms with Gasteiger partial charge >= 0.3 is 0 Å². The fourth-order valence-electron chi connectivity index (χ4n) is 2.52. The van der Waals surface area contributed by atoms with Crippen molar-refractivity contribution in [2.45, 2.75) is 33.2 Å². The zero-order valence-corrected chi connectivity index (χ0v) is 15.7. The molecule has 1 rings (SSSR count). The van der Waals surface area contributed by atoms with Gasteiger partial charge in [0.05, 0.1) is 21.3 Å². The number of nitrogens with zero attached hydrogens (tertiary/aromatic N) is 1. The molecule has 2 N–H and O–H groups in total. The largest absolute Gasteiger partial charge is 0.493 e. The number of rotatable bonds is 9. The fraction of sp³-hybridized carbons (Fsp3) is 0.611. The van der Waals surface area contributed by atoms with Crippen LogP contribution in [0, 0.1) is 5.92 Å². The van der Waals surface area contributed by atoms with Gasteiger partial charge in [-0.3, -0.25) is 4.99 Å². The van der Waals surface area contributed by atoms with Gasteiger partial charge in [-0.25, -0.2) is 0 Å². The third kappa shape index (κ3) is 5.22. The van der Waals surface area contributed by atoms with Crippen LogP contribution in [0.2, 0.25) is 0 Å². The van der Waals surface area contributed by atoms with Crippen molar-refractivity contribution in [3.63, 3.8) is 0 Å². The molecule has 24 heavy (non-hydrogen) atoms. The SMILES string of the molecule is CCC(CC)CNC(=NC)NCc1ccc(OC)c(OC)c1OC. The van der Waals surface area contributed by atoms with Gasteiger partial charge < -0.3 is 24.8 Å². The highest BCUT2D eigenvalue weighted by Gasteiger charge is 2.16. The summed E-state index contributed by atoms with van der Waals surface area (Å²) >= 11 is 0. The normalized spacial score (nSPS) is 11.4. The van der Waals surface area contributed by atoms with E-state index in [9.17, 15) is 0 Å². The average molecular weight is 337 g/mol. The predicted octanol–water partition coefficient (Wildman–Crippen LogP) is 2.81. The lowest BCUT2D eigenvalue weighted by molar-refractivity contribution is 0.322. The third-order valence-electron chi connectivity index (χ3n) is 4.17. The molecule has 6 nitrogen and oxygen atoms in total. The first-order valence-electron chi connectivity index (χ1n) is 8.37. The van der Waals surface area contributed by atoms with Gasteiger partial charge in [-0.05, 0) is 18.1 Å². The van der Waals surface area contributed by atoms with Gasteiger partial charge in [0.1, 0.15) is 0 Å². The zero-order chi connectivity index (χ0) is 17.9. The molecule has 0 spiro atoms. The predicted molar refractivity (Wildman–Crippen MR) is 98.4 cm³/mol. The molecule has 0 amide bonds. The second kappa shape index (κ2) is 10.6. The van der Waals surface area contributed by atoms with E-state index in [4.69, 9.17) is 14.2 Å². The lowest BCUT2D eigenvalue weighted by Crippen LogP contribution is -2.39. The summed E-state index contributed by atoms with van der Waals surface area (Å²) in [7, 11) is 6.61. The van der Waals surface area contributed by atoms with E-state index in [1.165, 1.54) is 0 Å². The molecule has 0 aliphatic heterocycles. The van der Waals surface area contributed by atoms with Crippen LogP contribution < -0.4 is 24.8 Å². The summed E-state index contributed by atoms with van der Waals surface area (Å²) in [6.07, 6.45) is 2.31. The quantitative estimate of drug-likeness (QED) is 0.536. The van der Waals surface area contributed by atoms with Gasteiger partial charge in [-0.1, -0.05) is 26.7 Å². The maximum Gasteiger partial charge on any atom is 0.203 e. The number of hydrogen-bond acceptors (Lipinski definition) is 4. The smallest absolute Gasteiger partial charge is 0.203 e. The summed E-state index contributed by atoms with van der Waals surface area (Å²) in [6.45, 7) is 5.91. The second-order valence-electron chi connectivity index (χ2n) is 5.48. The van der Waals surface area contributed by atoms with E-state index in [1.807, 2.05) is 12.1 Å². The summed E-state index contributed by atoms with van der Waals surface area (Å²) in [5.74, 6) is 3.34. The Hall–Kier alpha value is -2.11. The van der Waals surface area contributed by atoms with E-state index in [2.05, 4.69) is 29.5 Å². The fourth-order valence-corrected chi connectivity index (χ4v) is 2.52. The van der Waals surface area contributed by atoms with Crippen molar-refractivity contribution in [1.82, 2.24) is 10.6 Å². The summed E-state index contributed by atoms with van der Waals surface area (Å²) < 4.78 is 16.2. The highest BCUT2D eigenvalue weighted by Crippen LogP contribution is 2.39. The molecule has 136 valence electrons. The molecular weight excluding hydrogens is 306 g/mol. The van der Waals surface area contributed by atoms with Crippen molar-refractivity contribution in [1.29, 1.82) is 0 Å². The molecule has 0 unspecified atom stereocenters. The van der Waals surface area contributed by atoms with E-state index < -0.39 is 0 Å². The number of ether oxygens (including phenoxy) is 3. The average Bonchev–Trinajstić information content (AvgIpc) is 2.63. The van der Waals surface area contributed by atoms with Gasteiger partial charge in [-0.2, -0.15) is 0 Å². The van der Waals surface area contributed by atoms with Crippen molar-refractivity contribution in [3.8, 4) is 17.2 Å². The Morgan fingerprint density at radius 1 is 1.00 bits per heavy atom. The van der Waals surface area contributed by atoms with Crippen LogP contribution in [0.5, 0.6) is 17.2 Å². The van der Waals surface area contributed by atoms with Crippen LogP contribution in [0.4, 0.5) is 0 Å². The standard InChI is InChI=1S/C18H31N3O3/c1-7-13(8-2)11-20-18(19-3)21-12-14-9-10-15(22-4)17(24-6)16(14)23-5/h9-10,13H,7-8,11-12H2,1-6H3,(H2,19,20,21). The van der Waals surface area contributed by atoms with Crippen LogP contribution in [-0.2, 0) is 6.54 Å². The Morgan fingerprint density at radius 2 is 1.67 bits per heavy atom. The molecule has 0 fully saturated rings. The monoisotopic (exact) mass is 337 g/mol. The molecule has 0 saturated carbocycles. The van der Waals surface area contributed by atoms with Crippen LogP contribution in [0.1, 0.15) is 32.3 Å². The minimum Gasteiger partial charge on any atom is -0.493 e. The first-order chi connectivity index (χ1) is 11.6. The Bertz CT molecular complexity index is 528. The molecule has 0 radical (unpaired) electrons. The molecule has 0 aromatic heterocycles. The third-order valence-corrected chi connectivity index (χ3v) is 4.17. The number of hydrogen-bond donors (Lipinski definition) is 2. The maximum atomic E-state index is 5.50. The van der Waals surface area contributed by atoms with Gasteiger partial charge in [0.2, 0.25) is 5.75 Å². The highest BCUT2D eigenvalue weighted by molar-refractivity contribution is 5.79. The lowest BCUT2D eigenvalue weighted by atomic mass is 10.0. The molecular formula is C18H31N3O3. The first kappa shape index (κ1) is 19.9. The number of guanidine groups is 1. The van der Waals surface area contributed by atoms with E-state index in [-0.39, 0.29) is 0 Å². The number of benzene rings is 1. The first-order valence-corrected chi connectivity index (χ1v) is 8.37. The Kier molecular flexibility index (Phi) is 8.83. The van der Waals surface area contributed by atoms with Crippen LogP contribution >= 0.6 is 0 Å². The lowest BCUT2D eigenvalue weighted by Gasteiger charge is -2.19. The number of methoxy groups -OCH3 is 3. The Labute approximate surface area is 145 Å². The van der Waals surface area contributed by atoms with E-state index in [1.54, 1.807) is 28.4 Å². The molecule has 0 aliphatic carbocycles. The molecule has 1 aromatic rings. The van der Waals surface area contributed by atoms with E-state index in [0.717, 1.165) is 30.9 Å². The van der Waals surface area contributed by atoms with Gasteiger partial charge in [0.25, 0.3) is 0 Å². The minimum absolute atomic E-state index is 0.576. The van der Waals surface area contributed by atoms with E-state index in [0.29, 0.717) is 29.7 Å². The van der Waals surface area contributed by atoms with Crippen molar-refractivity contribution in [2.75, 3.05) is 34.9 Å². The van der Waals surface area contributed by atoms with Crippen LogP contribution in [0.3, 0.4) is 0 Å². The summed E-state index contributed by atoms with van der Waals surface area (Å²) in [5.41, 5.74) is 0.973. The van der Waals surface area contributed by atoms with Crippen molar-refractivity contribution >= 4 is 5.96 Å². The Morgan fingerprint density at radius 3 is 2.17 bits per heavy atom. The molecule has 0 heterocycles. The second-order valence-corrected chi connectivity index (χ2v) is 5.48. The van der Waals surface area contributed by atoms with Crippen molar-refractivity contribution < 1.29 is 14.2 Å². The van der Waals surface area contributed by atoms with E-state index >= 15 is 0 Å². The molecule has 6 heteroatoms. The molecule has 0 atom stereocenters. The number of nitrogens with one attached hydrogen (secondary N) is 2. The van der Waals surface area contributed by atoms with Crippen LogP contribution in [0.15, 0.2) is 17.1 Å². The summed E-state index contributed by atoms with van der Waals surface area (Å²) in [4.78, 5) is 4.27. The van der Waals surface area contributed by atoms with Gasteiger partial charge in [-0.15, -0.1) is 0 Å². The van der Waals surface area contributed by atoms with Gasteiger partial charge in [0, 0.05) is 25.7 Å². The van der Waals surface area contributed by atoms with Gasteiger partial charge in [0.15, 0.2) is 17.5 Å². The molecule has 1 aromatic carbocycles. The maximum absolute atomic E-state index is 5.50. The summed E-state index contributed by atoms with van der Waals surface area (Å²) in [6, 6.07) is 3.83. The van der Waals surface area contributed by atoms with Crippen molar-refractivity contribution in [2.24, 2.45) is 10.9 Å². The zero-order valence-electron chi connectivity index (χ0n) is 15.7. The van der Waals surface area contributed by atoms with Crippen LogP contribution in [0.25, 0.3) is 0 Å². The minimum atomic E-state index is 0.576.